The predicted octanol–water partition coefficient (Wildman–Crippen LogP) is 3.41. The van der Waals surface area contributed by atoms with Gasteiger partial charge in [-0.25, -0.2) is 4.99 Å². The monoisotopic (exact) mass is 391 g/mol. The van der Waals surface area contributed by atoms with Gasteiger partial charge in [0, 0.05) is 11.6 Å². The molecule has 0 spiro atoms. The molecule has 26 heavy (non-hydrogen) atoms. The second-order valence-electron chi connectivity index (χ2n) is 5.71. The molecule has 3 rings (SSSR count). The second kappa shape index (κ2) is 8.29. The quantitative estimate of drug-likeness (QED) is 0.738. The summed E-state index contributed by atoms with van der Waals surface area (Å²) in [7, 11) is 0. The molecule has 6 nitrogen and oxygen atoms in total. The van der Waals surface area contributed by atoms with E-state index in [9.17, 15) is 0 Å². The van der Waals surface area contributed by atoms with Gasteiger partial charge < -0.3 is 21.1 Å². The van der Waals surface area contributed by atoms with E-state index < -0.39 is 0 Å². The van der Waals surface area contributed by atoms with Crippen molar-refractivity contribution in [3.63, 3.8) is 0 Å². The lowest BCUT2D eigenvalue weighted by molar-refractivity contribution is 0.258. The third-order valence-corrected chi connectivity index (χ3v) is 4.40. The van der Waals surface area contributed by atoms with Crippen molar-refractivity contribution in [2.45, 2.75) is 12.6 Å². The minimum absolute atomic E-state index is 0.178. The fraction of sp³-hybridized carbons (Fsp3) is 0.222. The van der Waals surface area contributed by atoms with Crippen LogP contribution in [-0.4, -0.2) is 30.0 Å². The zero-order valence-corrected chi connectivity index (χ0v) is 15.5. The molecule has 0 saturated heterocycles. The Hall–Kier alpha value is -2.44. The first kappa shape index (κ1) is 18.4. The van der Waals surface area contributed by atoms with E-state index in [1.54, 1.807) is 18.2 Å². The molecule has 8 heteroatoms. The second-order valence-corrected chi connectivity index (χ2v) is 6.56. The Labute approximate surface area is 162 Å². The fourth-order valence-corrected chi connectivity index (χ4v) is 3.12. The Kier molecular flexibility index (Phi) is 5.85. The highest BCUT2D eigenvalue weighted by Gasteiger charge is 2.25. The van der Waals surface area contributed by atoms with Gasteiger partial charge in [0.25, 0.3) is 0 Å². The van der Waals surface area contributed by atoms with Gasteiger partial charge in [0.15, 0.2) is 6.17 Å². The van der Waals surface area contributed by atoms with Gasteiger partial charge in [-0.1, -0.05) is 53.5 Å². The Balaban J connectivity index is 1.62. The lowest BCUT2D eigenvalue weighted by atomic mass is 10.1. The summed E-state index contributed by atoms with van der Waals surface area (Å²) < 4.78 is 5.72. The van der Waals surface area contributed by atoms with E-state index >= 15 is 0 Å². The van der Waals surface area contributed by atoms with Crippen LogP contribution in [0.2, 0.25) is 10.0 Å². The molecule has 4 N–H and O–H groups in total. The molecule has 1 atom stereocenters. The average Bonchev–Trinajstić information content (AvgIpc) is 2.62. The van der Waals surface area contributed by atoms with Gasteiger partial charge in [0.05, 0.1) is 11.6 Å². The van der Waals surface area contributed by atoms with Crippen molar-refractivity contribution >= 4 is 35.1 Å². The Morgan fingerprint density at radius 2 is 1.85 bits per heavy atom. The molecular weight excluding hydrogens is 373 g/mol. The smallest absolute Gasteiger partial charge is 0.220 e. The summed E-state index contributed by atoms with van der Waals surface area (Å²) in [4.78, 5) is 10.4. The molecule has 1 aliphatic rings. The Morgan fingerprint density at radius 3 is 2.58 bits per heavy atom. The zero-order valence-electron chi connectivity index (χ0n) is 14.0. The first-order valence-corrected chi connectivity index (χ1v) is 8.87. The van der Waals surface area contributed by atoms with E-state index in [2.05, 4.69) is 9.98 Å². The predicted molar refractivity (Wildman–Crippen MR) is 106 cm³/mol. The molecule has 136 valence electrons. The van der Waals surface area contributed by atoms with Gasteiger partial charge in [-0.05, 0) is 30.2 Å². The molecule has 0 radical (unpaired) electrons. The number of guanidine groups is 2. The molecule has 0 fully saturated rings. The number of nitrogens with zero attached hydrogens (tertiary/aromatic N) is 3. The van der Waals surface area contributed by atoms with Crippen LogP contribution in [0.15, 0.2) is 58.5 Å². The number of hydrogen-bond acceptors (Lipinski definition) is 6. The summed E-state index contributed by atoms with van der Waals surface area (Å²) in [6, 6.07) is 15.0. The van der Waals surface area contributed by atoms with E-state index in [4.69, 9.17) is 39.4 Å². The van der Waals surface area contributed by atoms with Crippen LogP contribution in [0.3, 0.4) is 0 Å². The normalized spacial score (nSPS) is 16.8. The molecule has 0 aliphatic carbocycles. The Morgan fingerprint density at radius 1 is 1.08 bits per heavy atom. The van der Waals surface area contributed by atoms with Crippen LogP contribution in [-0.2, 0) is 0 Å². The van der Waals surface area contributed by atoms with Crippen LogP contribution in [0.4, 0.5) is 0 Å². The first-order valence-electron chi connectivity index (χ1n) is 8.11. The van der Waals surface area contributed by atoms with E-state index in [0.29, 0.717) is 41.3 Å². The van der Waals surface area contributed by atoms with Crippen molar-refractivity contribution in [2.24, 2.45) is 21.5 Å². The average molecular weight is 392 g/mol. The molecule has 1 heterocycles. The van der Waals surface area contributed by atoms with E-state index in [0.717, 1.165) is 5.56 Å². The molecule has 0 amide bonds. The summed E-state index contributed by atoms with van der Waals surface area (Å²) in [5.41, 5.74) is 12.8. The highest BCUT2D eigenvalue weighted by Crippen LogP contribution is 2.28. The van der Waals surface area contributed by atoms with E-state index in [-0.39, 0.29) is 12.1 Å². The molecule has 0 bridgehead atoms. The third kappa shape index (κ3) is 4.39. The molecule has 2 aromatic carbocycles. The van der Waals surface area contributed by atoms with Crippen LogP contribution in [0.5, 0.6) is 5.75 Å². The largest absolute Gasteiger partial charge is 0.492 e. The van der Waals surface area contributed by atoms with Crippen molar-refractivity contribution in [2.75, 3.05) is 13.2 Å². The molecule has 1 aliphatic heterocycles. The van der Waals surface area contributed by atoms with Gasteiger partial charge in [-0.2, -0.15) is 4.99 Å². The SMILES string of the molecule is NC1=NC(c2ccccc2)N(CCCOc2ccc(Cl)cc2Cl)C(N)=N1. The van der Waals surface area contributed by atoms with Crippen LogP contribution in [0.25, 0.3) is 0 Å². The van der Waals surface area contributed by atoms with Crippen LogP contribution < -0.4 is 16.2 Å². The summed E-state index contributed by atoms with van der Waals surface area (Å²) in [5, 5.41) is 1.05. The number of halogens is 2. The van der Waals surface area contributed by atoms with Crippen molar-refractivity contribution < 1.29 is 4.74 Å². The molecule has 0 aromatic heterocycles. The van der Waals surface area contributed by atoms with Gasteiger partial charge in [0.1, 0.15) is 5.75 Å². The lowest BCUT2D eigenvalue weighted by Crippen LogP contribution is -2.44. The molecule has 1 unspecified atom stereocenters. The third-order valence-electron chi connectivity index (χ3n) is 3.87. The first-order chi connectivity index (χ1) is 12.5. The maximum absolute atomic E-state index is 6.11. The summed E-state index contributed by atoms with van der Waals surface area (Å²) in [5.74, 6) is 1.12. The van der Waals surface area contributed by atoms with E-state index in [1.807, 2.05) is 35.2 Å². The van der Waals surface area contributed by atoms with Crippen LogP contribution >= 0.6 is 23.2 Å². The maximum Gasteiger partial charge on any atom is 0.220 e. The molecule has 0 saturated carbocycles. The number of nitrogens with two attached hydrogens (primary N) is 2. The van der Waals surface area contributed by atoms with Gasteiger partial charge in [0.2, 0.25) is 11.9 Å². The van der Waals surface area contributed by atoms with Gasteiger partial charge >= 0.3 is 0 Å². The standard InChI is InChI=1S/C18H19Cl2N5O/c19-13-7-8-15(14(20)11-13)26-10-4-9-25-16(12-5-2-1-3-6-12)23-17(21)24-18(25)22/h1-3,5-8,11,16H,4,9-10H2,(H4,21,22,23,24). The van der Waals surface area contributed by atoms with Crippen molar-refractivity contribution in [1.29, 1.82) is 0 Å². The topological polar surface area (TPSA) is 89.2 Å². The Bertz CT molecular complexity index is 826. The highest BCUT2D eigenvalue weighted by molar-refractivity contribution is 6.35. The summed E-state index contributed by atoms with van der Waals surface area (Å²) >= 11 is 12.0. The lowest BCUT2D eigenvalue weighted by Gasteiger charge is -2.32. The van der Waals surface area contributed by atoms with Gasteiger partial charge in [-0.3, -0.25) is 0 Å². The fourth-order valence-electron chi connectivity index (χ4n) is 2.66. The van der Waals surface area contributed by atoms with Crippen molar-refractivity contribution in [3.8, 4) is 5.75 Å². The number of hydrogen-bond donors (Lipinski definition) is 2. The number of benzene rings is 2. The minimum Gasteiger partial charge on any atom is -0.492 e. The zero-order chi connectivity index (χ0) is 18.5. The number of aliphatic imine (C=N–C) groups is 2. The van der Waals surface area contributed by atoms with E-state index in [1.165, 1.54) is 0 Å². The number of rotatable bonds is 6. The molecule has 2 aromatic rings. The number of ether oxygens (including phenoxy) is 1. The highest BCUT2D eigenvalue weighted by atomic mass is 35.5. The maximum atomic E-state index is 6.11. The minimum atomic E-state index is -0.298. The van der Waals surface area contributed by atoms with Crippen molar-refractivity contribution in [1.82, 2.24) is 4.90 Å². The van der Waals surface area contributed by atoms with Crippen molar-refractivity contribution in [3.05, 3.63) is 64.1 Å². The van der Waals surface area contributed by atoms with Crippen LogP contribution in [0.1, 0.15) is 18.2 Å². The summed E-state index contributed by atoms with van der Waals surface area (Å²) in [6.45, 7) is 1.07. The van der Waals surface area contributed by atoms with Gasteiger partial charge in [-0.15, -0.1) is 0 Å². The summed E-state index contributed by atoms with van der Waals surface area (Å²) in [6.07, 6.45) is 0.404. The molecular formula is C18H19Cl2N5O. The van der Waals surface area contributed by atoms with Crippen LogP contribution in [0, 0.1) is 0 Å².